The fourth-order valence-electron chi connectivity index (χ4n) is 3.08. The molecular formula is C14H25N3. The molecular weight excluding hydrogens is 210 g/mol. The number of rotatable bonds is 2. The van der Waals surface area contributed by atoms with Crippen LogP contribution in [0.3, 0.4) is 0 Å². The fraction of sp³-hybridized carbons (Fsp3) is 0.786. The first-order valence-electron chi connectivity index (χ1n) is 6.62. The summed E-state index contributed by atoms with van der Waals surface area (Å²) in [6.45, 7) is 6.67. The second kappa shape index (κ2) is 4.13. The number of hydrogen-bond donors (Lipinski definition) is 1. The summed E-state index contributed by atoms with van der Waals surface area (Å²) in [5.41, 5.74) is 9.20. The fourth-order valence-corrected chi connectivity index (χ4v) is 3.08. The van der Waals surface area contributed by atoms with Gasteiger partial charge in [-0.25, -0.2) is 0 Å². The van der Waals surface area contributed by atoms with Crippen molar-refractivity contribution in [3.05, 3.63) is 17.5 Å². The van der Waals surface area contributed by atoms with Crippen molar-refractivity contribution in [3.63, 3.8) is 0 Å². The molecule has 0 spiro atoms. The van der Waals surface area contributed by atoms with Gasteiger partial charge in [0.15, 0.2) is 0 Å². The molecule has 1 atom stereocenters. The summed E-state index contributed by atoms with van der Waals surface area (Å²) >= 11 is 0. The van der Waals surface area contributed by atoms with E-state index < -0.39 is 0 Å². The van der Waals surface area contributed by atoms with Crippen LogP contribution in [0.25, 0.3) is 0 Å². The molecule has 96 valence electrons. The number of aromatic nitrogens is 2. The van der Waals surface area contributed by atoms with Gasteiger partial charge in [0.05, 0.1) is 5.69 Å². The number of hydrogen-bond acceptors (Lipinski definition) is 2. The largest absolute Gasteiger partial charge is 0.324 e. The van der Waals surface area contributed by atoms with Crippen molar-refractivity contribution >= 4 is 0 Å². The highest BCUT2D eigenvalue weighted by Gasteiger charge is 2.43. The van der Waals surface area contributed by atoms with Crippen LogP contribution in [-0.4, -0.2) is 15.3 Å². The zero-order valence-electron chi connectivity index (χ0n) is 11.6. The normalized spacial score (nSPS) is 28.3. The van der Waals surface area contributed by atoms with Crippen molar-refractivity contribution in [1.82, 2.24) is 9.78 Å². The second-order valence-corrected chi connectivity index (χ2v) is 6.32. The third kappa shape index (κ3) is 2.25. The van der Waals surface area contributed by atoms with E-state index in [1.807, 2.05) is 18.7 Å². The summed E-state index contributed by atoms with van der Waals surface area (Å²) < 4.78 is 1.98. The van der Waals surface area contributed by atoms with E-state index in [1.165, 1.54) is 25.0 Å². The van der Waals surface area contributed by atoms with Gasteiger partial charge in [0, 0.05) is 24.7 Å². The molecule has 3 heteroatoms. The van der Waals surface area contributed by atoms with E-state index in [9.17, 15) is 0 Å². The van der Waals surface area contributed by atoms with Gasteiger partial charge in [-0.2, -0.15) is 5.10 Å². The summed E-state index contributed by atoms with van der Waals surface area (Å²) in [6, 6.07) is 2.17. The first-order chi connectivity index (χ1) is 7.84. The molecule has 0 saturated heterocycles. The Bertz CT molecular complexity index is 406. The van der Waals surface area contributed by atoms with E-state index in [-0.39, 0.29) is 11.0 Å². The first kappa shape index (κ1) is 12.6. The van der Waals surface area contributed by atoms with Crippen LogP contribution in [0.5, 0.6) is 0 Å². The minimum atomic E-state index is -0.0779. The van der Waals surface area contributed by atoms with Crippen LogP contribution in [-0.2, 0) is 13.5 Å². The highest BCUT2D eigenvalue weighted by Crippen LogP contribution is 2.43. The Balaban J connectivity index is 2.24. The Labute approximate surface area is 104 Å². The summed E-state index contributed by atoms with van der Waals surface area (Å²) in [6.07, 6.45) is 5.88. The van der Waals surface area contributed by atoms with Crippen LogP contribution >= 0.6 is 0 Å². The van der Waals surface area contributed by atoms with Crippen LogP contribution in [0.15, 0.2) is 6.07 Å². The van der Waals surface area contributed by atoms with E-state index >= 15 is 0 Å². The van der Waals surface area contributed by atoms with Gasteiger partial charge in [-0.05, 0) is 31.2 Å². The molecule has 1 aliphatic carbocycles. The van der Waals surface area contributed by atoms with Crippen LogP contribution in [0.1, 0.15) is 50.9 Å². The van der Waals surface area contributed by atoms with Gasteiger partial charge in [-0.15, -0.1) is 0 Å². The van der Waals surface area contributed by atoms with Gasteiger partial charge in [-0.3, -0.25) is 4.68 Å². The van der Waals surface area contributed by atoms with Crippen molar-refractivity contribution in [2.75, 3.05) is 0 Å². The standard InChI is InChI=1S/C14H25N3/c1-11-9-12(17(4)16-11)10-14(15)8-6-5-7-13(14,2)3/h9H,5-8,10,15H2,1-4H3. The third-order valence-electron chi connectivity index (χ3n) is 4.62. The molecule has 1 aromatic rings. The van der Waals surface area contributed by atoms with Crippen molar-refractivity contribution in [3.8, 4) is 0 Å². The number of nitrogens with two attached hydrogens (primary N) is 1. The summed E-state index contributed by atoms with van der Waals surface area (Å²) in [5.74, 6) is 0. The molecule has 1 fully saturated rings. The van der Waals surface area contributed by atoms with Crippen LogP contribution < -0.4 is 5.73 Å². The molecule has 2 N–H and O–H groups in total. The molecule has 0 bridgehead atoms. The molecule has 1 unspecified atom stereocenters. The molecule has 0 aliphatic heterocycles. The lowest BCUT2D eigenvalue weighted by Crippen LogP contribution is -2.56. The van der Waals surface area contributed by atoms with Crippen LogP contribution in [0, 0.1) is 12.3 Å². The maximum atomic E-state index is 6.71. The molecule has 2 rings (SSSR count). The van der Waals surface area contributed by atoms with Gasteiger partial charge in [0.1, 0.15) is 0 Å². The summed E-state index contributed by atoms with van der Waals surface area (Å²) in [5, 5.41) is 4.42. The van der Waals surface area contributed by atoms with E-state index in [2.05, 4.69) is 25.0 Å². The molecule has 1 heterocycles. The lowest BCUT2D eigenvalue weighted by Gasteiger charge is -2.48. The van der Waals surface area contributed by atoms with Gasteiger partial charge >= 0.3 is 0 Å². The van der Waals surface area contributed by atoms with Crippen molar-refractivity contribution < 1.29 is 0 Å². The summed E-state index contributed by atoms with van der Waals surface area (Å²) in [4.78, 5) is 0. The molecule has 1 saturated carbocycles. The topological polar surface area (TPSA) is 43.8 Å². The maximum absolute atomic E-state index is 6.71. The predicted molar refractivity (Wildman–Crippen MR) is 70.8 cm³/mol. The van der Waals surface area contributed by atoms with E-state index in [0.717, 1.165) is 18.5 Å². The van der Waals surface area contributed by atoms with E-state index in [4.69, 9.17) is 5.73 Å². The average Bonchev–Trinajstić information content (AvgIpc) is 2.50. The molecule has 0 radical (unpaired) electrons. The minimum Gasteiger partial charge on any atom is -0.324 e. The van der Waals surface area contributed by atoms with Crippen LogP contribution in [0.4, 0.5) is 0 Å². The van der Waals surface area contributed by atoms with E-state index in [0.29, 0.717) is 0 Å². The third-order valence-corrected chi connectivity index (χ3v) is 4.62. The molecule has 3 nitrogen and oxygen atoms in total. The van der Waals surface area contributed by atoms with E-state index in [1.54, 1.807) is 0 Å². The second-order valence-electron chi connectivity index (χ2n) is 6.32. The molecule has 0 aromatic carbocycles. The highest BCUT2D eigenvalue weighted by molar-refractivity contribution is 5.15. The van der Waals surface area contributed by atoms with Gasteiger partial charge in [-0.1, -0.05) is 26.7 Å². The molecule has 1 aliphatic rings. The maximum Gasteiger partial charge on any atom is 0.0596 e. The lowest BCUT2D eigenvalue weighted by atomic mass is 9.62. The quantitative estimate of drug-likeness (QED) is 0.856. The smallest absolute Gasteiger partial charge is 0.0596 e. The minimum absolute atomic E-state index is 0.0779. The Morgan fingerprint density at radius 2 is 2.00 bits per heavy atom. The Kier molecular flexibility index (Phi) is 3.06. The Morgan fingerprint density at radius 3 is 2.53 bits per heavy atom. The average molecular weight is 235 g/mol. The monoisotopic (exact) mass is 235 g/mol. The van der Waals surface area contributed by atoms with Crippen LogP contribution in [0.2, 0.25) is 0 Å². The van der Waals surface area contributed by atoms with Gasteiger partial charge in [0.25, 0.3) is 0 Å². The zero-order chi connectivity index (χ0) is 12.7. The number of aryl methyl sites for hydroxylation is 2. The molecule has 1 aromatic heterocycles. The van der Waals surface area contributed by atoms with Crippen molar-refractivity contribution in [2.24, 2.45) is 18.2 Å². The Morgan fingerprint density at radius 1 is 1.35 bits per heavy atom. The molecule has 0 amide bonds. The first-order valence-corrected chi connectivity index (χ1v) is 6.62. The van der Waals surface area contributed by atoms with Crippen molar-refractivity contribution in [2.45, 2.75) is 58.4 Å². The Hall–Kier alpha value is -0.830. The molecule has 17 heavy (non-hydrogen) atoms. The lowest BCUT2D eigenvalue weighted by molar-refractivity contribution is 0.0972. The van der Waals surface area contributed by atoms with Crippen molar-refractivity contribution in [1.29, 1.82) is 0 Å². The van der Waals surface area contributed by atoms with Gasteiger partial charge < -0.3 is 5.73 Å². The summed E-state index contributed by atoms with van der Waals surface area (Å²) in [7, 11) is 2.02. The SMILES string of the molecule is Cc1cc(CC2(N)CCCCC2(C)C)n(C)n1. The zero-order valence-corrected chi connectivity index (χ0v) is 11.6. The van der Waals surface area contributed by atoms with Gasteiger partial charge in [0.2, 0.25) is 0 Å². The number of nitrogens with zero attached hydrogens (tertiary/aromatic N) is 2. The highest BCUT2D eigenvalue weighted by atomic mass is 15.3. The predicted octanol–water partition coefficient (Wildman–Crippen LogP) is 2.57.